The standard InChI is InChI=1S/C69H46N4O2/c1-5-15-44-48-19-13-23-58(68(48)74-62(44)6-2)70(42-30-26-40(3)27-31-42)56-36-34-46-52-38-61-53(39-60(52)72-54-21-10-7-17-50(54)64(56)66(46)72)47-35-37-57(65-51-18-8-11-22-55(51)73(61)67(47)65)71(43-32-28-41(4)29-33-43)59-24-14-20-49-45-16-9-12-25-63(45)75-69(49)59/h5-39H,2H2,1,3-4H3/b15-5-. The van der Waals surface area contributed by atoms with Crippen LogP contribution >= 0.6 is 0 Å². The molecule has 0 spiro atoms. The summed E-state index contributed by atoms with van der Waals surface area (Å²) in [5.41, 5.74) is 19.4. The number of anilines is 6. The van der Waals surface area contributed by atoms with Gasteiger partial charge in [0.2, 0.25) is 0 Å². The molecular weight excluding hydrogens is 917 g/mol. The van der Waals surface area contributed by atoms with E-state index in [0.29, 0.717) is 0 Å². The molecule has 0 N–H and O–H groups in total. The molecule has 0 amide bonds. The Morgan fingerprint density at radius 2 is 0.893 bits per heavy atom. The molecule has 0 saturated heterocycles. The van der Waals surface area contributed by atoms with Gasteiger partial charge in [0, 0.05) is 76.2 Å². The Kier molecular flexibility index (Phi) is 8.57. The molecule has 6 nitrogen and oxygen atoms in total. The molecule has 0 atom stereocenters. The smallest absolute Gasteiger partial charge is 0.159 e. The summed E-state index contributed by atoms with van der Waals surface area (Å²) < 4.78 is 18.6. The van der Waals surface area contributed by atoms with E-state index in [4.69, 9.17) is 8.83 Å². The molecule has 354 valence electrons. The number of aromatic nitrogens is 2. The average molecular weight is 963 g/mol. The van der Waals surface area contributed by atoms with E-state index in [0.717, 1.165) is 78.4 Å². The van der Waals surface area contributed by atoms with Crippen LogP contribution in [-0.4, -0.2) is 8.80 Å². The van der Waals surface area contributed by atoms with Crippen LogP contribution in [0.5, 0.6) is 0 Å². The Labute approximate surface area is 430 Å². The maximum Gasteiger partial charge on any atom is 0.159 e. The number of furan rings is 2. The molecule has 0 aliphatic rings. The van der Waals surface area contributed by atoms with E-state index >= 15 is 0 Å². The van der Waals surface area contributed by atoms with Crippen molar-refractivity contribution in [1.82, 2.24) is 8.80 Å². The van der Waals surface area contributed by atoms with Gasteiger partial charge in [0.1, 0.15) is 11.3 Å². The van der Waals surface area contributed by atoms with Gasteiger partial charge >= 0.3 is 0 Å². The van der Waals surface area contributed by atoms with E-state index in [-0.39, 0.29) is 0 Å². The molecule has 0 unspecified atom stereocenters. The van der Waals surface area contributed by atoms with E-state index in [2.05, 4.69) is 239 Å². The first kappa shape index (κ1) is 41.8. The van der Waals surface area contributed by atoms with Crippen molar-refractivity contribution in [2.45, 2.75) is 20.8 Å². The van der Waals surface area contributed by atoms with Crippen molar-refractivity contribution in [3.05, 3.63) is 229 Å². The van der Waals surface area contributed by atoms with Crippen molar-refractivity contribution < 1.29 is 8.83 Å². The number of allylic oxidation sites excluding steroid dienone is 1. The second kappa shape index (κ2) is 15.4. The van der Waals surface area contributed by atoms with Crippen LogP contribution in [0.3, 0.4) is 0 Å². The molecule has 0 bridgehead atoms. The summed E-state index contributed by atoms with van der Waals surface area (Å²) in [6, 6.07) is 71.1. The van der Waals surface area contributed by atoms with E-state index < -0.39 is 0 Å². The van der Waals surface area contributed by atoms with Crippen LogP contribution in [0.1, 0.15) is 29.4 Å². The average Bonchev–Trinajstić information content (AvgIpc) is 4.48. The second-order valence-electron chi connectivity index (χ2n) is 20.1. The number of aryl methyl sites for hydroxylation is 2. The van der Waals surface area contributed by atoms with Crippen LogP contribution in [-0.2, 0) is 0 Å². The Hall–Kier alpha value is -9.78. The van der Waals surface area contributed by atoms with Crippen LogP contribution in [0.2, 0.25) is 0 Å². The SMILES string of the molecule is C=Cc1oc2c(N(c3ccc(C)cc3)c3ccc4c5cc6c(cc5n5c7ccccc7c3c45)c3ccc(N(c4ccc(C)cc4)c4cccc5c4oc4ccccc45)c4c5ccccc5n6c34)cccc2c1/C=C\C. The Morgan fingerprint density at radius 3 is 1.43 bits per heavy atom. The van der Waals surface area contributed by atoms with Gasteiger partial charge in [-0.2, -0.15) is 0 Å². The zero-order chi connectivity index (χ0) is 49.8. The molecule has 0 radical (unpaired) electrons. The Balaban J connectivity index is 0.979. The number of nitrogens with zero attached hydrogens (tertiary/aromatic N) is 4. The number of para-hydroxylation sites is 5. The van der Waals surface area contributed by atoms with Crippen molar-refractivity contribution in [2.24, 2.45) is 0 Å². The molecule has 75 heavy (non-hydrogen) atoms. The molecule has 6 heteroatoms. The summed E-state index contributed by atoms with van der Waals surface area (Å²) in [6.07, 6.45) is 5.99. The van der Waals surface area contributed by atoms with Crippen molar-refractivity contribution in [3.8, 4) is 0 Å². The van der Waals surface area contributed by atoms with E-state index in [9.17, 15) is 0 Å². The van der Waals surface area contributed by atoms with Crippen LogP contribution in [0.15, 0.2) is 216 Å². The molecule has 6 heterocycles. The van der Waals surface area contributed by atoms with Crippen LogP contribution in [0.25, 0.3) is 121 Å². The second-order valence-corrected chi connectivity index (χ2v) is 20.1. The minimum absolute atomic E-state index is 0.757. The predicted octanol–water partition coefficient (Wildman–Crippen LogP) is 19.9. The largest absolute Gasteiger partial charge is 0.454 e. The molecule has 16 aromatic rings. The Bertz CT molecular complexity index is 5060. The normalized spacial score (nSPS) is 12.5. The van der Waals surface area contributed by atoms with Gasteiger partial charge in [0.05, 0.1) is 55.8 Å². The van der Waals surface area contributed by atoms with Gasteiger partial charge < -0.3 is 27.4 Å². The Morgan fingerprint density at radius 1 is 0.413 bits per heavy atom. The topological polar surface area (TPSA) is 41.6 Å². The van der Waals surface area contributed by atoms with E-state index in [1.54, 1.807) is 0 Å². The third-order valence-electron chi connectivity index (χ3n) is 16.0. The summed E-state index contributed by atoms with van der Waals surface area (Å²) in [5.74, 6) is 0.757. The first-order valence-electron chi connectivity index (χ1n) is 25.7. The van der Waals surface area contributed by atoms with Crippen molar-refractivity contribution in [3.63, 3.8) is 0 Å². The number of fused-ring (bicyclic) bond motifs is 16. The van der Waals surface area contributed by atoms with Crippen molar-refractivity contribution in [1.29, 1.82) is 0 Å². The number of rotatable bonds is 8. The molecule has 0 fully saturated rings. The monoisotopic (exact) mass is 962 g/mol. The quantitative estimate of drug-likeness (QED) is 0.152. The molecule has 0 saturated carbocycles. The van der Waals surface area contributed by atoms with Gasteiger partial charge in [0.25, 0.3) is 0 Å². The van der Waals surface area contributed by atoms with Gasteiger partial charge in [-0.05, 0) is 106 Å². The predicted molar refractivity (Wildman–Crippen MR) is 316 cm³/mol. The highest BCUT2D eigenvalue weighted by atomic mass is 16.3. The van der Waals surface area contributed by atoms with Crippen molar-refractivity contribution >= 4 is 155 Å². The number of benzene rings is 10. The first-order chi connectivity index (χ1) is 37.0. The molecule has 0 aliphatic carbocycles. The fourth-order valence-electron chi connectivity index (χ4n) is 12.8. The van der Waals surface area contributed by atoms with Gasteiger partial charge in [-0.1, -0.05) is 145 Å². The van der Waals surface area contributed by atoms with Gasteiger partial charge in [-0.15, -0.1) is 0 Å². The lowest BCUT2D eigenvalue weighted by Gasteiger charge is -2.26. The highest BCUT2D eigenvalue weighted by Crippen LogP contribution is 2.53. The third-order valence-corrected chi connectivity index (χ3v) is 16.0. The zero-order valence-corrected chi connectivity index (χ0v) is 41.5. The third kappa shape index (κ3) is 5.63. The summed E-state index contributed by atoms with van der Waals surface area (Å²) in [5, 5.41) is 12.9. The van der Waals surface area contributed by atoms with Crippen LogP contribution in [0, 0.1) is 13.8 Å². The van der Waals surface area contributed by atoms with E-state index in [1.165, 1.54) is 87.3 Å². The van der Waals surface area contributed by atoms with Gasteiger partial charge in [-0.25, -0.2) is 0 Å². The molecule has 6 aromatic heterocycles. The van der Waals surface area contributed by atoms with E-state index in [1.807, 2.05) is 19.1 Å². The fraction of sp³-hybridized carbons (Fsp3) is 0.0435. The maximum absolute atomic E-state index is 6.79. The highest BCUT2D eigenvalue weighted by Gasteiger charge is 2.30. The number of hydrogen-bond donors (Lipinski definition) is 0. The minimum atomic E-state index is 0.757. The number of hydrogen-bond acceptors (Lipinski definition) is 4. The first-order valence-corrected chi connectivity index (χ1v) is 25.7. The zero-order valence-electron chi connectivity index (χ0n) is 41.5. The van der Waals surface area contributed by atoms with Gasteiger partial charge in [0.15, 0.2) is 11.2 Å². The lowest BCUT2D eigenvalue weighted by Crippen LogP contribution is -2.10. The lowest BCUT2D eigenvalue weighted by molar-refractivity contribution is 0.604. The van der Waals surface area contributed by atoms with Crippen LogP contribution < -0.4 is 9.80 Å². The highest BCUT2D eigenvalue weighted by molar-refractivity contribution is 6.32. The van der Waals surface area contributed by atoms with Crippen molar-refractivity contribution in [2.75, 3.05) is 9.80 Å². The molecular formula is C69H46N4O2. The molecule has 0 aliphatic heterocycles. The summed E-state index contributed by atoms with van der Waals surface area (Å²) in [4.78, 5) is 4.80. The summed E-state index contributed by atoms with van der Waals surface area (Å²) in [7, 11) is 0. The maximum atomic E-state index is 6.79. The lowest BCUT2D eigenvalue weighted by atomic mass is 10.0. The molecule has 16 rings (SSSR count). The van der Waals surface area contributed by atoms with Crippen LogP contribution in [0.4, 0.5) is 34.1 Å². The summed E-state index contributed by atoms with van der Waals surface area (Å²) >= 11 is 0. The molecule has 10 aromatic carbocycles. The van der Waals surface area contributed by atoms with Gasteiger partial charge in [-0.3, -0.25) is 0 Å². The summed E-state index contributed by atoms with van der Waals surface area (Å²) in [6.45, 7) is 10.5. The fourth-order valence-corrected chi connectivity index (χ4v) is 12.8. The minimum Gasteiger partial charge on any atom is -0.454 e.